The molecule has 0 spiro atoms. The number of halogens is 3. The fraction of sp³-hybridized carbons (Fsp3) is 0.692. The van der Waals surface area contributed by atoms with Gasteiger partial charge in [0.05, 0.1) is 12.1 Å². The fourth-order valence-electron chi connectivity index (χ4n) is 2.56. The monoisotopic (exact) mass is 322 g/mol. The van der Waals surface area contributed by atoms with Crippen molar-refractivity contribution in [1.29, 1.82) is 0 Å². The van der Waals surface area contributed by atoms with E-state index in [0.29, 0.717) is 21.6 Å². The lowest BCUT2D eigenvalue weighted by molar-refractivity contribution is -0.121. The van der Waals surface area contributed by atoms with Crippen molar-refractivity contribution < 1.29 is 13.6 Å². The maximum Gasteiger partial charge on any atom is 0.333 e. The van der Waals surface area contributed by atoms with E-state index in [0.717, 1.165) is 25.9 Å². The highest BCUT2D eigenvalue weighted by molar-refractivity contribution is 5.85. The minimum Gasteiger partial charge on any atom is -0.352 e. The Hall–Kier alpha value is -1.21. The molecular formula is C13H21ClF2N4O. The predicted molar refractivity (Wildman–Crippen MR) is 77.9 cm³/mol. The van der Waals surface area contributed by atoms with Crippen LogP contribution in [0.3, 0.4) is 0 Å². The minimum atomic E-state index is -2.67. The molecule has 1 aliphatic rings. The standard InChI is InChI=1S/C13H20F2N4O.ClH/c1-8-11(9(2)19(18-8)13(14)15)6-12(20)17-10-4-3-5-16-7-10;/h10,13,16H,3-7H2,1-2H3,(H,17,20);1H/t10-;/m0./s1. The van der Waals surface area contributed by atoms with Crippen LogP contribution < -0.4 is 10.6 Å². The molecule has 0 unspecified atom stereocenters. The van der Waals surface area contributed by atoms with Crippen molar-refractivity contribution in [3.63, 3.8) is 0 Å². The number of hydrogen-bond acceptors (Lipinski definition) is 3. The first-order valence-corrected chi connectivity index (χ1v) is 6.82. The maximum absolute atomic E-state index is 12.7. The van der Waals surface area contributed by atoms with Crippen molar-refractivity contribution in [2.75, 3.05) is 13.1 Å². The summed E-state index contributed by atoms with van der Waals surface area (Å²) in [5.74, 6) is -0.140. The molecule has 0 aromatic carbocycles. The van der Waals surface area contributed by atoms with E-state index in [9.17, 15) is 13.6 Å². The zero-order valence-electron chi connectivity index (χ0n) is 12.2. The van der Waals surface area contributed by atoms with Crippen molar-refractivity contribution in [3.05, 3.63) is 17.0 Å². The highest BCUT2D eigenvalue weighted by atomic mass is 35.5. The number of carbonyl (C=O) groups excluding carboxylic acids is 1. The summed E-state index contributed by atoms with van der Waals surface area (Å²) < 4.78 is 26.1. The van der Waals surface area contributed by atoms with Crippen molar-refractivity contribution in [2.45, 2.75) is 45.7 Å². The first-order valence-electron chi connectivity index (χ1n) is 6.82. The Bertz CT molecular complexity index is 487. The van der Waals surface area contributed by atoms with Gasteiger partial charge >= 0.3 is 6.55 Å². The number of aromatic nitrogens is 2. The number of carbonyl (C=O) groups is 1. The molecular weight excluding hydrogens is 302 g/mol. The second kappa shape index (κ2) is 7.70. The van der Waals surface area contributed by atoms with E-state index in [2.05, 4.69) is 15.7 Å². The van der Waals surface area contributed by atoms with Gasteiger partial charge < -0.3 is 10.6 Å². The highest BCUT2D eigenvalue weighted by Crippen LogP contribution is 2.19. The molecule has 8 heteroatoms. The molecule has 1 atom stereocenters. The molecule has 120 valence electrons. The van der Waals surface area contributed by atoms with Crippen molar-refractivity contribution in [2.24, 2.45) is 0 Å². The molecule has 0 radical (unpaired) electrons. The fourth-order valence-corrected chi connectivity index (χ4v) is 2.56. The Kier molecular flexibility index (Phi) is 6.54. The summed E-state index contributed by atoms with van der Waals surface area (Å²) in [6, 6.07) is 0.127. The molecule has 2 rings (SSSR count). The summed E-state index contributed by atoms with van der Waals surface area (Å²) in [5, 5.41) is 9.93. The summed E-state index contributed by atoms with van der Waals surface area (Å²) in [4.78, 5) is 12.0. The Morgan fingerprint density at radius 2 is 2.24 bits per heavy atom. The van der Waals surface area contributed by atoms with Gasteiger partial charge in [-0.3, -0.25) is 4.79 Å². The van der Waals surface area contributed by atoms with Gasteiger partial charge in [0.15, 0.2) is 0 Å². The quantitative estimate of drug-likeness (QED) is 0.887. The summed E-state index contributed by atoms with van der Waals surface area (Å²) in [7, 11) is 0. The number of aryl methyl sites for hydroxylation is 1. The number of rotatable bonds is 4. The molecule has 0 saturated carbocycles. The van der Waals surface area contributed by atoms with Crippen LogP contribution >= 0.6 is 12.4 Å². The van der Waals surface area contributed by atoms with E-state index in [1.807, 2.05) is 0 Å². The van der Waals surface area contributed by atoms with Crippen LogP contribution in [0.2, 0.25) is 0 Å². The largest absolute Gasteiger partial charge is 0.352 e. The van der Waals surface area contributed by atoms with E-state index in [1.54, 1.807) is 13.8 Å². The molecule has 0 aliphatic carbocycles. The third kappa shape index (κ3) is 4.38. The van der Waals surface area contributed by atoms with Gasteiger partial charge in [-0.1, -0.05) is 0 Å². The Balaban J connectivity index is 0.00000220. The number of alkyl halides is 2. The van der Waals surface area contributed by atoms with E-state index >= 15 is 0 Å². The minimum absolute atomic E-state index is 0. The second-order valence-corrected chi connectivity index (χ2v) is 5.16. The van der Waals surface area contributed by atoms with Crippen LogP contribution in [-0.4, -0.2) is 34.8 Å². The molecule has 0 bridgehead atoms. The zero-order valence-corrected chi connectivity index (χ0v) is 13.0. The Labute approximate surface area is 128 Å². The van der Waals surface area contributed by atoms with Crippen LogP contribution in [0.25, 0.3) is 0 Å². The zero-order chi connectivity index (χ0) is 14.7. The molecule has 1 aromatic heterocycles. The Morgan fingerprint density at radius 3 is 2.76 bits per heavy atom. The topological polar surface area (TPSA) is 59.0 Å². The van der Waals surface area contributed by atoms with Crippen LogP contribution in [0, 0.1) is 13.8 Å². The average molecular weight is 323 g/mol. The van der Waals surface area contributed by atoms with E-state index < -0.39 is 6.55 Å². The van der Waals surface area contributed by atoms with Gasteiger partial charge in [-0.05, 0) is 33.2 Å². The molecule has 1 saturated heterocycles. The number of nitrogens with one attached hydrogen (secondary N) is 2. The summed E-state index contributed by atoms with van der Waals surface area (Å²) in [5.41, 5.74) is 1.43. The van der Waals surface area contributed by atoms with Crippen molar-refractivity contribution in [1.82, 2.24) is 20.4 Å². The van der Waals surface area contributed by atoms with Gasteiger partial charge in [-0.25, -0.2) is 4.68 Å². The molecule has 1 amide bonds. The second-order valence-electron chi connectivity index (χ2n) is 5.16. The number of hydrogen-bond donors (Lipinski definition) is 2. The van der Waals surface area contributed by atoms with Gasteiger partial charge in [-0.2, -0.15) is 13.9 Å². The van der Waals surface area contributed by atoms with Crippen molar-refractivity contribution in [3.8, 4) is 0 Å². The molecule has 1 aliphatic heterocycles. The average Bonchev–Trinajstić information content (AvgIpc) is 2.68. The molecule has 1 aromatic rings. The summed E-state index contributed by atoms with van der Waals surface area (Å²) >= 11 is 0. The van der Waals surface area contributed by atoms with Crippen LogP contribution in [-0.2, 0) is 11.2 Å². The summed E-state index contributed by atoms with van der Waals surface area (Å²) in [6.45, 7) is 2.28. The SMILES string of the molecule is Cc1nn(C(F)F)c(C)c1CC(=O)N[C@H]1CCCNC1.Cl. The molecule has 1 fully saturated rings. The van der Waals surface area contributed by atoms with Gasteiger partial charge in [-0.15, -0.1) is 12.4 Å². The number of piperidine rings is 1. The molecule has 21 heavy (non-hydrogen) atoms. The Morgan fingerprint density at radius 1 is 1.52 bits per heavy atom. The first-order chi connectivity index (χ1) is 9.49. The molecule has 2 N–H and O–H groups in total. The molecule has 2 heterocycles. The lowest BCUT2D eigenvalue weighted by Gasteiger charge is -2.23. The van der Waals surface area contributed by atoms with E-state index in [1.165, 1.54) is 0 Å². The van der Waals surface area contributed by atoms with Crippen molar-refractivity contribution >= 4 is 18.3 Å². The van der Waals surface area contributed by atoms with Crippen LogP contribution in [0.15, 0.2) is 0 Å². The lowest BCUT2D eigenvalue weighted by atomic mass is 10.1. The van der Waals surface area contributed by atoms with Gasteiger partial charge in [0.25, 0.3) is 0 Å². The number of amides is 1. The van der Waals surface area contributed by atoms with Crippen LogP contribution in [0.4, 0.5) is 8.78 Å². The van der Waals surface area contributed by atoms with Crippen LogP contribution in [0.5, 0.6) is 0 Å². The third-order valence-corrected chi connectivity index (χ3v) is 3.66. The molecule has 5 nitrogen and oxygen atoms in total. The van der Waals surface area contributed by atoms with Gasteiger partial charge in [0, 0.05) is 23.8 Å². The smallest absolute Gasteiger partial charge is 0.333 e. The number of nitrogens with zero attached hydrogens (tertiary/aromatic N) is 2. The van der Waals surface area contributed by atoms with Gasteiger partial charge in [0.2, 0.25) is 5.91 Å². The third-order valence-electron chi connectivity index (χ3n) is 3.66. The van der Waals surface area contributed by atoms with Crippen LogP contribution in [0.1, 0.15) is 36.3 Å². The predicted octanol–water partition coefficient (Wildman–Crippen LogP) is 1.73. The highest BCUT2D eigenvalue weighted by Gasteiger charge is 2.21. The lowest BCUT2D eigenvalue weighted by Crippen LogP contribution is -2.46. The van der Waals surface area contributed by atoms with E-state index in [4.69, 9.17) is 0 Å². The maximum atomic E-state index is 12.7. The normalized spacial score (nSPS) is 18.4. The van der Waals surface area contributed by atoms with Gasteiger partial charge in [0.1, 0.15) is 0 Å². The van der Waals surface area contributed by atoms with E-state index in [-0.39, 0.29) is 30.8 Å². The summed E-state index contributed by atoms with van der Waals surface area (Å²) in [6.07, 6.45) is 2.08. The first kappa shape index (κ1) is 17.8.